The van der Waals surface area contributed by atoms with Crippen LogP contribution in [0, 0.1) is 0 Å². The fourth-order valence-electron chi connectivity index (χ4n) is 1.67. The molecule has 0 fully saturated rings. The van der Waals surface area contributed by atoms with E-state index in [4.69, 9.17) is 15.0 Å². The van der Waals surface area contributed by atoms with Crippen molar-refractivity contribution in [2.45, 2.75) is 26.0 Å². The SMILES string of the molecule is CC(C)(N)CNC(=O)c1cc(C(=O)OCc2ccccc2)on1. The monoisotopic (exact) mass is 317 g/mol. The summed E-state index contributed by atoms with van der Waals surface area (Å²) in [5.41, 5.74) is 6.08. The van der Waals surface area contributed by atoms with Gasteiger partial charge in [0.2, 0.25) is 5.76 Å². The van der Waals surface area contributed by atoms with Crippen LogP contribution in [0.3, 0.4) is 0 Å². The molecule has 0 radical (unpaired) electrons. The zero-order chi connectivity index (χ0) is 16.9. The molecule has 1 amide bonds. The van der Waals surface area contributed by atoms with Gasteiger partial charge in [0, 0.05) is 18.2 Å². The number of aromatic nitrogens is 1. The van der Waals surface area contributed by atoms with Gasteiger partial charge in [0.1, 0.15) is 6.61 Å². The summed E-state index contributed by atoms with van der Waals surface area (Å²) in [7, 11) is 0. The van der Waals surface area contributed by atoms with Crippen LogP contribution >= 0.6 is 0 Å². The highest BCUT2D eigenvalue weighted by Gasteiger charge is 2.20. The number of ether oxygens (including phenoxy) is 1. The van der Waals surface area contributed by atoms with E-state index in [1.165, 1.54) is 6.07 Å². The topological polar surface area (TPSA) is 107 Å². The molecule has 0 aliphatic rings. The maximum absolute atomic E-state index is 11.9. The van der Waals surface area contributed by atoms with Gasteiger partial charge >= 0.3 is 5.97 Å². The maximum Gasteiger partial charge on any atom is 0.377 e. The Balaban J connectivity index is 1.90. The van der Waals surface area contributed by atoms with E-state index in [1.54, 1.807) is 13.8 Å². The molecule has 23 heavy (non-hydrogen) atoms. The Morgan fingerprint density at radius 3 is 2.65 bits per heavy atom. The van der Waals surface area contributed by atoms with Crippen LogP contribution < -0.4 is 11.1 Å². The molecule has 0 saturated heterocycles. The molecule has 0 bridgehead atoms. The fraction of sp³-hybridized carbons (Fsp3) is 0.312. The van der Waals surface area contributed by atoms with E-state index in [9.17, 15) is 9.59 Å². The van der Waals surface area contributed by atoms with E-state index in [1.807, 2.05) is 30.3 Å². The van der Waals surface area contributed by atoms with Gasteiger partial charge in [-0.3, -0.25) is 4.79 Å². The average Bonchev–Trinajstić information content (AvgIpc) is 3.00. The second-order valence-electron chi connectivity index (χ2n) is 5.81. The Labute approximate surface area is 133 Å². The van der Waals surface area contributed by atoms with Crippen LogP contribution in [0.5, 0.6) is 0 Å². The van der Waals surface area contributed by atoms with E-state index in [-0.39, 0.29) is 24.6 Å². The van der Waals surface area contributed by atoms with E-state index in [2.05, 4.69) is 10.5 Å². The number of hydrogen-bond donors (Lipinski definition) is 2. The summed E-state index contributed by atoms with van der Waals surface area (Å²) in [5, 5.41) is 6.17. The first-order chi connectivity index (χ1) is 10.8. The smallest absolute Gasteiger partial charge is 0.377 e. The fourth-order valence-corrected chi connectivity index (χ4v) is 1.67. The van der Waals surface area contributed by atoms with Crippen LogP contribution in [-0.2, 0) is 11.3 Å². The lowest BCUT2D eigenvalue weighted by molar-refractivity contribution is 0.0425. The number of carbonyl (C=O) groups is 2. The number of esters is 1. The van der Waals surface area contributed by atoms with Crippen LogP contribution in [0.15, 0.2) is 40.9 Å². The van der Waals surface area contributed by atoms with Gasteiger partial charge in [-0.1, -0.05) is 35.5 Å². The van der Waals surface area contributed by atoms with Gasteiger partial charge in [0.25, 0.3) is 5.91 Å². The molecule has 2 aromatic rings. The third-order valence-electron chi connectivity index (χ3n) is 2.86. The summed E-state index contributed by atoms with van der Waals surface area (Å²) in [4.78, 5) is 23.7. The molecule has 1 aromatic heterocycles. The Bertz CT molecular complexity index is 674. The van der Waals surface area contributed by atoms with Crippen LogP contribution in [-0.4, -0.2) is 29.1 Å². The number of nitrogens with one attached hydrogen (secondary N) is 1. The second-order valence-corrected chi connectivity index (χ2v) is 5.81. The third-order valence-corrected chi connectivity index (χ3v) is 2.86. The Morgan fingerprint density at radius 2 is 2.00 bits per heavy atom. The van der Waals surface area contributed by atoms with Gasteiger partial charge in [-0.05, 0) is 19.4 Å². The van der Waals surface area contributed by atoms with Crippen molar-refractivity contribution < 1.29 is 18.8 Å². The third kappa shape index (κ3) is 5.23. The first kappa shape index (κ1) is 16.7. The minimum Gasteiger partial charge on any atom is -0.455 e. The second kappa shape index (κ2) is 7.06. The normalized spacial score (nSPS) is 11.1. The van der Waals surface area contributed by atoms with Crippen molar-refractivity contribution >= 4 is 11.9 Å². The molecular weight excluding hydrogens is 298 g/mol. The first-order valence-corrected chi connectivity index (χ1v) is 7.10. The Morgan fingerprint density at radius 1 is 1.30 bits per heavy atom. The Kier molecular flexibility index (Phi) is 5.13. The number of amides is 1. The molecule has 0 unspecified atom stereocenters. The van der Waals surface area contributed by atoms with Crippen LogP contribution in [0.25, 0.3) is 0 Å². The molecular formula is C16H19N3O4. The van der Waals surface area contributed by atoms with Gasteiger partial charge < -0.3 is 20.3 Å². The number of carbonyl (C=O) groups excluding carboxylic acids is 2. The zero-order valence-electron chi connectivity index (χ0n) is 13.0. The van der Waals surface area contributed by atoms with E-state index in [0.29, 0.717) is 0 Å². The summed E-state index contributed by atoms with van der Waals surface area (Å²) in [6.07, 6.45) is 0. The predicted molar refractivity (Wildman–Crippen MR) is 82.7 cm³/mol. The summed E-state index contributed by atoms with van der Waals surface area (Å²) in [5.74, 6) is -1.27. The molecule has 0 saturated carbocycles. The predicted octanol–water partition coefficient (Wildman–Crippen LogP) is 1.50. The van der Waals surface area contributed by atoms with Gasteiger partial charge in [0.05, 0.1) is 0 Å². The quantitative estimate of drug-likeness (QED) is 0.782. The lowest BCUT2D eigenvalue weighted by atomic mass is 10.1. The molecule has 0 spiro atoms. The zero-order valence-corrected chi connectivity index (χ0v) is 13.0. The lowest BCUT2D eigenvalue weighted by Gasteiger charge is -2.18. The number of hydrogen-bond acceptors (Lipinski definition) is 6. The number of nitrogens with two attached hydrogens (primary N) is 1. The molecule has 7 heteroatoms. The van der Waals surface area contributed by atoms with Gasteiger partial charge in [-0.15, -0.1) is 0 Å². The summed E-state index contributed by atoms with van der Waals surface area (Å²) in [6, 6.07) is 10.5. The average molecular weight is 317 g/mol. The molecule has 122 valence electrons. The highest BCUT2D eigenvalue weighted by molar-refractivity contribution is 5.95. The molecule has 1 heterocycles. The van der Waals surface area contributed by atoms with Gasteiger partial charge in [0.15, 0.2) is 5.69 Å². The van der Waals surface area contributed by atoms with Crippen molar-refractivity contribution in [1.82, 2.24) is 10.5 Å². The molecule has 2 rings (SSSR count). The molecule has 1 aromatic carbocycles. The molecule has 0 aliphatic carbocycles. The van der Waals surface area contributed by atoms with Crippen LogP contribution in [0.1, 0.15) is 40.5 Å². The van der Waals surface area contributed by atoms with E-state index < -0.39 is 17.4 Å². The van der Waals surface area contributed by atoms with Crippen molar-refractivity contribution in [3.05, 3.63) is 53.4 Å². The number of rotatable bonds is 6. The standard InChI is InChI=1S/C16H19N3O4/c1-16(2,17)10-18-14(20)12-8-13(23-19-12)15(21)22-9-11-6-4-3-5-7-11/h3-8H,9-10,17H2,1-2H3,(H,18,20). The Hall–Kier alpha value is -2.67. The van der Waals surface area contributed by atoms with Crippen molar-refractivity contribution in [3.63, 3.8) is 0 Å². The highest BCUT2D eigenvalue weighted by Crippen LogP contribution is 2.08. The van der Waals surface area contributed by atoms with Crippen molar-refractivity contribution in [1.29, 1.82) is 0 Å². The highest BCUT2D eigenvalue weighted by atomic mass is 16.6. The van der Waals surface area contributed by atoms with Gasteiger partial charge in [-0.25, -0.2) is 4.79 Å². The molecule has 0 atom stereocenters. The first-order valence-electron chi connectivity index (χ1n) is 7.10. The van der Waals surface area contributed by atoms with Crippen molar-refractivity contribution in [2.75, 3.05) is 6.54 Å². The largest absolute Gasteiger partial charge is 0.455 e. The van der Waals surface area contributed by atoms with E-state index in [0.717, 1.165) is 5.56 Å². The minimum atomic E-state index is -0.681. The summed E-state index contributed by atoms with van der Waals surface area (Å²) in [6.45, 7) is 3.95. The molecule has 3 N–H and O–H groups in total. The van der Waals surface area contributed by atoms with Crippen LogP contribution in [0.2, 0.25) is 0 Å². The lowest BCUT2D eigenvalue weighted by Crippen LogP contribution is -2.45. The number of benzene rings is 1. The minimum absolute atomic E-state index is 0.000844. The van der Waals surface area contributed by atoms with Crippen molar-refractivity contribution in [2.24, 2.45) is 5.73 Å². The maximum atomic E-state index is 11.9. The van der Waals surface area contributed by atoms with E-state index >= 15 is 0 Å². The van der Waals surface area contributed by atoms with Crippen molar-refractivity contribution in [3.8, 4) is 0 Å². The van der Waals surface area contributed by atoms with Gasteiger partial charge in [-0.2, -0.15) is 0 Å². The number of nitrogens with zero attached hydrogens (tertiary/aromatic N) is 1. The summed E-state index contributed by atoms with van der Waals surface area (Å²) < 4.78 is 9.95. The molecule has 7 nitrogen and oxygen atoms in total. The molecule has 0 aliphatic heterocycles. The summed E-state index contributed by atoms with van der Waals surface area (Å²) >= 11 is 0. The van der Waals surface area contributed by atoms with Crippen LogP contribution in [0.4, 0.5) is 0 Å².